The van der Waals surface area contributed by atoms with E-state index in [-0.39, 0.29) is 17.3 Å². The predicted octanol–water partition coefficient (Wildman–Crippen LogP) is 5.37. The number of carbonyl (C=O) groups excluding carboxylic acids is 1. The molecular formula is C19H20Br2O3. The van der Waals surface area contributed by atoms with Gasteiger partial charge in [0, 0.05) is 12.8 Å². The van der Waals surface area contributed by atoms with Crippen molar-refractivity contribution in [3.05, 3.63) is 55.5 Å². The zero-order valence-electron chi connectivity index (χ0n) is 13.7. The summed E-state index contributed by atoms with van der Waals surface area (Å²) in [5.41, 5.74) is 4.09. The molecule has 0 unspecified atom stereocenters. The molecule has 2 aromatic carbocycles. The number of aryl methyl sites for hydroxylation is 4. The summed E-state index contributed by atoms with van der Waals surface area (Å²) in [4.78, 5) is 12.2. The minimum absolute atomic E-state index is 0.179. The van der Waals surface area contributed by atoms with Crippen molar-refractivity contribution in [3.63, 3.8) is 0 Å². The third kappa shape index (κ3) is 4.84. The highest BCUT2D eigenvalue weighted by Crippen LogP contribution is 2.29. The fourth-order valence-electron chi connectivity index (χ4n) is 2.62. The topological polar surface area (TPSA) is 57.5 Å². The second-order valence-corrected chi connectivity index (χ2v) is 7.71. The molecule has 2 N–H and O–H groups in total. The van der Waals surface area contributed by atoms with Crippen LogP contribution in [0, 0.1) is 13.8 Å². The number of ketones is 1. The molecule has 0 aliphatic carbocycles. The lowest BCUT2D eigenvalue weighted by Gasteiger charge is -2.09. The normalized spacial score (nSPS) is 10.8. The second kappa shape index (κ2) is 8.17. The van der Waals surface area contributed by atoms with E-state index in [2.05, 4.69) is 31.9 Å². The number of Topliss-reactive ketones (excluding diaryl/α,β-unsaturated/α-hetero) is 1. The molecule has 0 spiro atoms. The van der Waals surface area contributed by atoms with E-state index in [0.29, 0.717) is 34.6 Å². The molecule has 0 fully saturated rings. The molecule has 2 rings (SSSR count). The number of aromatic hydroxyl groups is 2. The molecule has 0 aliphatic heterocycles. The summed E-state index contributed by atoms with van der Waals surface area (Å²) in [7, 11) is 0. The molecule has 0 aliphatic rings. The maximum Gasteiger partial charge on any atom is 0.133 e. The molecule has 2 aromatic rings. The number of carbonyl (C=O) groups is 1. The summed E-state index contributed by atoms with van der Waals surface area (Å²) in [6.07, 6.45) is 2.14. The van der Waals surface area contributed by atoms with Gasteiger partial charge in [-0.15, -0.1) is 0 Å². The molecule has 0 saturated heterocycles. The van der Waals surface area contributed by atoms with Gasteiger partial charge in [0.2, 0.25) is 0 Å². The van der Waals surface area contributed by atoms with Crippen molar-refractivity contribution in [3.8, 4) is 11.5 Å². The lowest BCUT2D eigenvalue weighted by molar-refractivity contribution is -0.119. The highest BCUT2D eigenvalue weighted by Gasteiger charge is 2.10. The first-order valence-corrected chi connectivity index (χ1v) is 9.34. The van der Waals surface area contributed by atoms with Crippen LogP contribution < -0.4 is 0 Å². The number of phenols is 2. The van der Waals surface area contributed by atoms with E-state index < -0.39 is 0 Å². The summed E-state index contributed by atoms with van der Waals surface area (Å²) in [5, 5.41) is 19.5. The maximum atomic E-state index is 12.2. The van der Waals surface area contributed by atoms with Gasteiger partial charge in [-0.2, -0.15) is 0 Å². The van der Waals surface area contributed by atoms with Gasteiger partial charge in [-0.25, -0.2) is 0 Å². The van der Waals surface area contributed by atoms with E-state index in [4.69, 9.17) is 0 Å². The lowest BCUT2D eigenvalue weighted by Crippen LogP contribution is -2.04. The fourth-order valence-corrected chi connectivity index (χ4v) is 3.54. The van der Waals surface area contributed by atoms with E-state index in [0.717, 1.165) is 22.3 Å². The fraction of sp³-hybridized carbons (Fsp3) is 0.316. The van der Waals surface area contributed by atoms with E-state index in [1.165, 1.54) is 0 Å². The van der Waals surface area contributed by atoms with Crippen LogP contribution in [0.5, 0.6) is 11.5 Å². The zero-order chi connectivity index (χ0) is 17.9. The Kier molecular flexibility index (Phi) is 6.47. The van der Waals surface area contributed by atoms with Gasteiger partial charge in [0.05, 0.1) is 8.95 Å². The number of phenolic OH excluding ortho intramolecular Hbond substituents is 2. The number of hydrogen-bond acceptors (Lipinski definition) is 3. The summed E-state index contributed by atoms with van der Waals surface area (Å²) in [6, 6.07) is 7.15. The summed E-state index contributed by atoms with van der Waals surface area (Å²) in [5.74, 6) is 0.576. The van der Waals surface area contributed by atoms with Crippen molar-refractivity contribution < 1.29 is 15.0 Å². The van der Waals surface area contributed by atoms with Crippen LogP contribution in [-0.2, 0) is 17.6 Å². The number of benzene rings is 2. The highest BCUT2D eigenvalue weighted by atomic mass is 79.9. The van der Waals surface area contributed by atoms with Gasteiger partial charge in [0.1, 0.15) is 17.3 Å². The largest absolute Gasteiger partial charge is 0.507 e. The monoisotopic (exact) mass is 454 g/mol. The number of halogens is 2. The number of hydrogen-bond donors (Lipinski definition) is 2. The van der Waals surface area contributed by atoms with Crippen molar-refractivity contribution in [2.75, 3.05) is 0 Å². The van der Waals surface area contributed by atoms with Crippen LogP contribution in [0.2, 0.25) is 0 Å². The SMILES string of the molecule is Cc1cc(Br)c(O)cc1CCC(=O)CCc1cc(O)c(Br)cc1C. The Labute approximate surface area is 159 Å². The molecule has 0 amide bonds. The molecule has 5 heteroatoms. The minimum Gasteiger partial charge on any atom is -0.507 e. The van der Waals surface area contributed by atoms with E-state index in [1.807, 2.05) is 26.0 Å². The molecular weight excluding hydrogens is 436 g/mol. The first-order valence-electron chi connectivity index (χ1n) is 7.75. The Balaban J connectivity index is 1.93. The van der Waals surface area contributed by atoms with Crippen LogP contribution in [0.4, 0.5) is 0 Å². The van der Waals surface area contributed by atoms with E-state index >= 15 is 0 Å². The Morgan fingerprint density at radius 1 is 0.833 bits per heavy atom. The van der Waals surface area contributed by atoms with Crippen molar-refractivity contribution in [2.45, 2.75) is 39.5 Å². The molecule has 0 radical (unpaired) electrons. The van der Waals surface area contributed by atoms with Gasteiger partial charge in [0.15, 0.2) is 0 Å². The van der Waals surface area contributed by atoms with Gasteiger partial charge in [-0.05, 0) is 105 Å². The second-order valence-electron chi connectivity index (χ2n) is 6.00. The molecule has 0 saturated carbocycles. The standard InChI is InChI=1S/C19H20Br2O3/c1-11-7-16(20)18(23)9-13(11)3-5-15(22)6-4-14-10-19(24)17(21)8-12(14)2/h7-10,23-24H,3-6H2,1-2H3. The molecule has 0 aromatic heterocycles. The van der Waals surface area contributed by atoms with Gasteiger partial charge in [-0.1, -0.05) is 0 Å². The van der Waals surface area contributed by atoms with Crippen LogP contribution in [-0.4, -0.2) is 16.0 Å². The van der Waals surface area contributed by atoms with Gasteiger partial charge < -0.3 is 10.2 Å². The summed E-state index contributed by atoms with van der Waals surface area (Å²) >= 11 is 6.58. The quantitative estimate of drug-likeness (QED) is 0.615. The molecule has 24 heavy (non-hydrogen) atoms. The van der Waals surface area contributed by atoms with Gasteiger partial charge >= 0.3 is 0 Å². The average Bonchev–Trinajstić information content (AvgIpc) is 2.51. The Morgan fingerprint density at radius 3 is 1.58 bits per heavy atom. The third-order valence-corrected chi connectivity index (χ3v) is 5.43. The molecule has 3 nitrogen and oxygen atoms in total. The van der Waals surface area contributed by atoms with Crippen LogP contribution in [0.25, 0.3) is 0 Å². The molecule has 128 valence electrons. The predicted molar refractivity (Wildman–Crippen MR) is 103 cm³/mol. The molecule has 0 atom stereocenters. The van der Waals surface area contributed by atoms with Crippen molar-refractivity contribution in [1.82, 2.24) is 0 Å². The smallest absolute Gasteiger partial charge is 0.133 e. The summed E-state index contributed by atoms with van der Waals surface area (Å²) in [6.45, 7) is 3.94. The van der Waals surface area contributed by atoms with Crippen molar-refractivity contribution >= 4 is 37.6 Å². The van der Waals surface area contributed by atoms with Crippen molar-refractivity contribution in [2.24, 2.45) is 0 Å². The zero-order valence-corrected chi connectivity index (χ0v) is 16.9. The van der Waals surface area contributed by atoms with Crippen molar-refractivity contribution in [1.29, 1.82) is 0 Å². The maximum absolute atomic E-state index is 12.2. The van der Waals surface area contributed by atoms with E-state index in [9.17, 15) is 15.0 Å². The van der Waals surface area contributed by atoms with Crippen LogP contribution >= 0.6 is 31.9 Å². The van der Waals surface area contributed by atoms with Crippen LogP contribution in [0.1, 0.15) is 35.1 Å². The van der Waals surface area contributed by atoms with Gasteiger partial charge in [0.25, 0.3) is 0 Å². The minimum atomic E-state index is 0.179. The first-order chi connectivity index (χ1) is 11.3. The Morgan fingerprint density at radius 2 is 1.21 bits per heavy atom. The average molecular weight is 456 g/mol. The van der Waals surface area contributed by atoms with Gasteiger partial charge in [-0.3, -0.25) is 4.79 Å². The molecule has 0 bridgehead atoms. The third-order valence-electron chi connectivity index (χ3n) is 4.16. The lowest BCUT2D eigenvalue weighted by atomic mass is 9.98. The number of rotatable bonds is 6. The Bertz CT molecular complexity index is 706. The van der Waals surface area contributed by atoms with Crippen LogP contribution in [0.3, 0.4) is 0 Å². The Hall–Kier alpha value is -1.33. The highest BCUT2D eigenvalue weighted by molar-refractivity contribution is 9.10. The van der Waals surface area contributed by atoms with E-state index in [1.54, 1.807) is 12.1 Å². The summed E-state index contributed by atoms with van der Waals surface area (Å²) < 4.78 is 1.33. The first kappa shape index (κ1) is 19.0. The molecule has 0 heterocycles. The van der Waals surface area contributed by atoms with Crippen LogP contribution in [0.15, 0.2) is 33.2 Å².